The maximum absolute atomic E-state index is 13.2. The Bertz CT molecular complexity index is 1800. The van der Waals surface area contributed by atoms with E-state index in [-0.39, 0.29) is 19.1 Å². The third-order valence-electron chi connectivity index (χ3n) is 7.32. The van der Waals surface area contributed by atoms with Gasteiger partial charge in [-0.05, 0) is 63.2 Å². The Hall–Kier alpha value is -4.39. The Morgan fingerprint density at radius 1 is 1.09 bits per heavy atom. The fraction of sp³-hybridized carbons (Fsp3) is 0.312. The Kier molecular flexibility index (Phi) is 8.69. The summed E-state index contributed by atoms with van der Waals surface area (Å²) in [5, 5.41) is 3.17. The molecule has 1 aliphatic rings. The number of esters is 1. The number of amides is 1. The van der Waals surface area contributed by atoms with Crippen LogP contribution in [0.3, 0.4) is 0 Å². The molecule has 0 saturated carbocycles. The minimum atomic E-state index is -3.80. The second kappa shape index (κ2) is 12.3. The van der Waals surface area contributed by atoms with Gasteiger partial charge in [0, 0.05) is 29.6 Å². The van der Waals surface area contributed by atoms with Crippen molar-refractivity contribution in [2.24, 2.45) is 5.73 Å². The summed E-state index contributed by atoms with van der Waals surface area (Å²) in [6.45, 7) is 4.98. The van der Waals surface area contributed by atoms with Crippen LogP contribution in [0.15, 0.2) is 65.1 Å². The van der Waals surface area contributed by atoms with Crippen LogP contribution < -0.4 is 20.1 Å². The van der Waals surface area contributed by atoms with Crippen LogP contribution in [0, 0.1) is 6.92 Å². The van der Waals surface area contributed by atoms with Crippen molar-refractivity contribution >= 4 is 38.6 Å². The number of benzene rings is 3. The largest absolute Gasteiger partial charge is 0.462 e. The number of hydrogen-bond acceptors (Lipinski definition) is 9. The number of carbonyl (C=O) groups excluding carboxylic acids is 2. The predicted octanol–water partition coefficient (Wildman–Crippen LogP) is 4.68. The molecular formula is C32H35N3O8S. The summed E-state index contributed by atoms with van der Waals surface area (Å²) in [6, 6.07) is 17.3. The van der Waals surface area contributed by atoms with E-state index >= 15 is 0 Å². The number of nitrogens with two attached hydrogens (primary N) is 1. The average molecular weight is 622 g/mol. The van der Waals surface area contributed by atoms with Crippen molar-refractivity contribution in [1.29, 1.82) is 0 Å². The Balaban J connectivity index is 1.55. The van der Waals surface area contributed by atoms with Crippen molar-refractivity contribution in [3.05, 3.63) is 77.4 Å². The normalized spacial score (nSPS) is 17.5. The summed E-state index contributed by atoms with van der Waals surface area (Å²) in [4.78, 5) is 25.2. The van der Waals surface area contributed by atoms with Crippen LogP contribution in [0.1, 0.15) is 41.4 Å². The molecule has 44 heavy (non-hydrogen) atoms. The van der Waals surface area contributed by atoms with E-state index in [0.29, 0.717) is 50.6 Å². The number of furan rings is 1. The lowest BCUT2D eigenvalue weighted by Crippen LogP contribution is -2.40. The lowest BCUT2D eigenvalue weighted by Gasteiger charge is -2.25. The molecule has 3 atom stereocenters. The van der Waals surface area contributed by atoms with Crippen LogP contribution in [0.2, 0.25) is 0 Å². The van der Waals surface area contributed by atoms with Crippen molar-refractivity contribution < 1.29 is 36.6 Å². The van der Waals surface area contributed by atoms with Crippen molar-refractivity contribution in [3.8, 4) is 22.8 Å². The molecule has 1 aliphatic heterocycles. The number of hydrogen-bond donors (Lipinski definition) is 2. The van der Waals surface area contributed by atoms with Gasteiger partial charge in [0.05, 0.1) is 30.2 Å². The first-order chi connectivity index (χ1) is 20.8. The van der Waals surface area contributed by atoms with Gasteiger partial charge in [-0.15, -0.1) is 0 Å². The van der Waals surface area contributed by atoms with Crippen LogP contribution >= 0.6 is 0 Å². The third kappa shape index (κ3) is 6.42. The van der Waals surface area contributed by atoms with Crippen molar-refractivity contribution in [2.45, 2.75) is 39.0 Å². The fourth-order valence-corrected chi connectivity index (χ4v) is 6.01. The second-order valence-electron chi connectivity index (χ2n) is 10.8. The summed E-state index contributed by atoms with van der Waals surface area (Å²) in [5.41, 5.74) is 8.84. The topological polar surface area (TPSA) is 150 Å². The molecule has 5 rings (SSSR count). The zero-order valence-electron chi connectivity index (χ0n) is 25.1. The molecule has 3 aromatic carbocycles. The van der Waals surface area contributed by atoms with Gasteiger partial charge in [-0.1, -0.05) is 17.7 Å². The van der Waals surface area contributed by atoms with E-state index in [1.165, 1.54) is 18.3 Å². The summed E-state index contributed by atoms with van der Waals surface area (Å²) in [6.07, 6.45) is -0.295. The van der Waals surface area contributed by atoms with Crippen LogP contribution in [0.4, 0.5) is 5.69 Å². The molecule has 0 saturated heterocycles. The molecule has 2 heterocycles. The van der Waals surface area contributed by atoms with E-state index in [1.54, 1.807) is 43.3 Å². The number of nitrogens with zero attached hydrogens (tertiary/aromatic N) is 1. The Labute approximate surface area is 255 Å². The van der Waals surface area contributed by atoms with E-state index < -0.39 is 34.2 Å². The molecule has 0 fully saturated rings. The van der Waals surface area contributed by atoms with Gasteiger partial charge in [-0.2, -0.15) is 0 Å². The Morgan fingerprint density at radius 3 is 2.32 bits per heavy atom. The van der Waals surface area contributed by atoms with Crippen LogP contribution in [-0.2, 0) is 24.3 Å². The smallest absolute Gasteiger partial charge is 0.322 e. The molecule has 3 N–H and O–H groups in total. The number of ether oxygens (including phenoxy) is 3. The molecule has 1 aromatic heterocycles. The van der Waals surface area contributed by atoms with E-state index in [0.717, 1.165) is 11.8 Å². The quantitative estimate of drug-likeness (QED) is 0.267. The number of carbonyl (C=O) groups is 2. The first-order valence-electron chi connectivity index (χ1n) is 14.1. The Morgan fingerprint density at radius 2 is 1.73 bits per heavy atom. The van der Waals surface area contributed by atoms with E-state index in [2.05, 4.69) is 5.32 Å². The standard InChI is InChI=1S/C32H35N3O8S/c1-18-6-10-22(11-7-18)42-23-12-8-21(9-13-23)30-29(31(36)34-4)26-14-25-20(3)41-24(17-40-32(37)19(2)33)16-35(44(5,38)39)27(25)15-28(26)43-30/h6-15,19-20,24H,16-17,33H2,1-5H3,(H,34,36)/t19-,20-,24-/m0/s1. The molecule has 1 amide bonds. The summed E-state index contributed by atoms with van der Waals surface area (Å²) in [5.74, 6) is 0.630. The molecule has 0 aliphatic carbocycles. The van der Waals surface area contributed by atoms with Gasteiger partial charge in [0.15, 0.2) is 0 Å². The van der Waals surface area contributed by atoms with Gasteiger partial charge < -0.3 is 29.7 Å². The average Bonchev–Trinajstić information content (AvgIpc) is 3.29. The number of rotatable bonds is 8. The number of sulfonamides is 1. The number of fused-ring (bicyclic) bond motifs is 2. The highest BCUT2D eigenvalue weighted by Crippen LogP contribution is 2.42. The molecule has 4 aromatic rings. The van der Waals surface area contributed by atoms with Crippen molar-refractivity contribution in [3.63, 3.8) is 0 Å². The molecule has 11 nitrogen and oxygen atoms in total. The lowest BCUT2D eigenvalue weighted by molar-refractivity contribution is -0.150. The fourth-order valence-electron chi connectivity index (χ4n) is 5.06. The minimum Gasteiger partial charge on any atom is -0.462 e. The van der Waals surface area contributed by atoms with Crippen LogP contribution in [0.5, 0.6) is 11.5 Å². The second-order valence-corrected chi connectivity index (χ2v) is 12.8. The minimum absolute atomic E-state index is 0.105. The van der Waals surface area contributed by atoms with Gasteiger partial charge in [-0.25, -0.2) is 8.42 Å². The van der Waals surface area contributed by atoms with E-state index in [1.807, 2.05) is 31.2 Å². The molecule has 0 bridgehead atoms. The molecule has 0 spiro atoms. The maximum Gasteiger partial charge on any atom is 0.322 e. The van der Waals surface area contributed by atoms with Gasteiger partial charge in [0.25, 0.3) is 5.91 Å². The van der Waals surface area contributed by atoms with Crippen LogP contribution in [-0.4, -0.2) is 58.9 Å². The van der Waals surface area contributed by atoms with E-state index in [9.17, 15) is 18.0 Å². The van der Waals surface area contributed by atoms with Crippen molar-refractivity contribution in [1.82, 2.24) is 5.32 Å². The van der Waals surface area contributed by atoms with Crippen molar-refractivity contribution in [2.75, 3.05) is 30.8 Å². The first-order valence-corrected chi connectivity index (χ1v) is 15.9. The predicted molar refractivity (Wildman–Crippen MR) is 166 cm³/mol. The van der Waals surface area contributed by atoms with Gasteiger partial charge in [0.1, 0.15) is 41.6 Å². The molecule has 12 heteroatoms. The molecule has 232 valence electrons. The summed E-state index contributed by atoms with van der Waals surface area (Å²) in [7, 11) is -2.27. The van der Waals surface area contributed by atoms with Crippen LogP contribution in [0.25, 0.3) is 22.3 Å². The highest BCUT2D eigenvalue weighted by atomic mass is 32.2. The summed E-state index contributed by atoms with van der Waals surface area (Å²) < 4.78 is 50.8. The zero-order chi connectivity index (χ0) is 31.8. The summed E-state index contributed by atoms with van der Waals surface area (Å²) >= 11 is 0. The highest BCUT2D eigenvalue weighted by Gasteiger charge is 2.34. The third-order valence-corrected chi connectivity index (χ3v) is 8.47. The molecular weight excluding hydrogens is 586 g/mol. The maximum atomic E-state index is 13.2. The zero-order valence-corrected chi connectivity index (χ0v) is 25.9. The van der Waals surface area contributed by atoms with Gasteiger partial charge >= 0.3 is 5.97 Å². The highest BCUT2D eigenvalue weighted by molar-refractivity contribution is 7.92. The SMILES string of the molecule is CNC(=O)c1c(-c2ccc(Oc3ccc(C)cc3)cc2)oc2cc3c(cc12)[C@H](C)O[C@H](COC(=O)[C@H](C)N)CN3S(C)(=O)=O. The van der Waals surface area contributed by atoms with Gasteiger partial charge in [-0.3, -0.25) is 13.9 Å². The number of anilines is 1. The number of nitrogens with one attached hydrogen (secondary N) is 1. The molecule has 0 unspecified atom stereocenters. The molecule has 0 radical (unpaired) electrons. The van der Waals surface area contributed by atoms with E-state index in [4.69, 9.17) is 24.4 Å². The van der Waals surface area contributed by atoms with Gasteiger partial charge in [0.2, 0.25) is 10.0 Å². The monoisotopic (exact) mass is 621 g/mol. The lowest BCUT2D eigenvalue weighted by atomic mass is 10.0. The number of aryl methyl sites for hydroxylation is 1. The first kappa shape index (κ1) is 31.0.